The van der Waals surface area contributed by atoms with E-state index in [0.717, 1.165) is 59.3 Å². The lowest BCUT2D eigenvalue weighted by Gasteiger charge is -2.26. The molecule has 1 fully saturated rings. The fourth-order valence-electron chi connectivity index (χ4n) is 4.40. The van der Waals surface area contributed by atoms with Crippen LogP contribution in [-0.4, -0.2) is 38.3 Å². The quantitative estimate of drug-likeness (QED) is 0.490. The van der Waals surface area contributed by atoms with Gasteiger partial charge in [0, 0.05) is 40.9 Å². The standard InChI is InChI=1S/C23H21N5O2/c24-11-17-3-1-14(12-25-17)21-20-10-15-9-13(2-8-19(15)22(20)28-27-21)23(30)26-16-4-6-18(29)7-5-16/h1-3,8-9,12,16,18,29H,4-7,10H2,(H,26,30)(H,27,28). The van der Waals surface area contributed by atoms with Crippen molar-refractivity contribution < 1.29 is 9.90 Å². The second kappa shape index (κ2) is 7.39. The fourth-order valence-corrected chi connectivity index (χ4v) is 4.40. The molecule has 30 heavy (non-hydrogen) atoms. The lowest BCUT2D eigenvalue weighted by molar-refractivity contribution is 0.0867. The number of nitrogens with one attached hydrogen (secondary N) is 2. The van der Waals surface area contributed by atoms with Crippen molar-refractivity contribution in [2.75, 3.05) is 0 Å². The molecule has 7 heteroatoms. The number of carbonyl (C=O) groups excluding carboxylic acids is 1. The zero-order valence-electron chi connectivity index (χ0n) is 16.4. The first kappa shape index (κ1) is 18.5. The smallest absolute Gasteiger partial charge is 0.251 e. The van der Waals surface area contributed by atoms with Crippen LogP contribution in [-0.2, 0) is 6.42 Å². The Hall–Kier alpha value is -3.50. The van der Waals surface area contributed by atoms with Gasteiger partial charge < -0.3 is 10.4 Å². The Morgan fingerprint density at radius 2 is 2.03 bits per heavy atom. The Bertz CT molecular complexity index is 1150. The number of H-pyrrole nitrogens is 1. The maximum Gasteiger partial charge on any atom is 0.251 e. The molecule has 2 aliphatic rings. The first-order valence-corrected chi connectivity index (χ1v) is 10.2. The van der Waals surface area contributed by atoms with Gasteiger partial charge in [-0.1, -0.05) is 6.07 Å². The number of benzene rings is 1. The second-order valence-corrected chi connectivity index (χ2v) is 8.00. The molecule has 0 saturated heterocycles. The number of hydrogen-bond acceptors (Lipinski definition) is 5. The molecule has 2 aromatic heterocycles. The molecule has 7 nitrogen and oxygen atoms in total. The molecule has 0 unspecified atom stereocenters. The lowest BCUT2D eigenvalue weighted by Crippen LogP contribution is -2.38. The van der Waals surface area contributed by atoms with Gasteiger partial charge in [-0.15, -0.1) is 0 Å². The molecule has 0 radical (unpaired) electrons. The van der Waals surface area contributed by atoms with Gasteiger partial charge in [0.1, 0.15) is 11.8 Å². The normalized spacial score (nSPS) is 19.6. The Labute approximate surface area is 173 Å². The zero-order valence-corrected chi connectivity index (χ0v) is 16.4. The monoisotopic (exact) mass is 399 g/mol. The number of carbonyl (C=O) groups is 1. The number of pyridine rings is 1. The fraction of sp³-hybridized carbons (Fsp3) is 0.304. The van der Waals surface area contributed by atoms with Crippen molar-refractivity contribution in [1.29, 1.82) is 5.26 Å². The van der Waals surface area contributed by atoms with Gasteiger partial charge in [-0.3, -0.25) is 9.89 Å². The number of hydrogen-bond donors (Lipinski definition) is 3. The third-order valence-electron chi connectivity index (χ3n) is 6.05. The summed E-state index contributed by atoms with van der Waals surface area (Å²) in [5, 5.41) is 29.3. The molecular weight excluding hydrogens is 378 g/mol. The third kappa shape index (κ3) is 3.25. The molecule has 5 rings (SSSR count). The van der Waals surface area contributed by atoms with Crippen LogP contribution in [0.3, 0.4) is 0 Å². The molecule has 0 atom stereocenters. The van der Waals surface area contributed by atoms with Crippen molar-refractivity contribution in [3.8, 4) is 28.6 Å². The molecule has 3 N–H and O–H groups in total. The predicted molar refractivity (Wildman–Crippen MR) is 111 cm³/mol. The average Bonchev–Trinajstić information content (AvgIpc) is 3.34. The number of aromatic nitrogens is 3. The summed E-state index contributed by atoms with van der Waals surface area (Å²) in [6.45, 7) is 0. The number of fused-ring (bicyclic) bond motifs is 3. The van der Waals surface area contributed by atoms with Gasteiger partial charge in [-0.2, -0.15) is 10.4 Å². The molecule has 2 heterocycles. The van der Waals surface area contributed by atoms with Crippen LogP contribution in [0.15, 0.2) is 36.5 Å². The molecule has 1 saturated carbocycles. The summed E-state index contributed by atoms with van der Waals surface area (Å²) in [6.07, 6.45) is 5.23. The summed E-state index contributed by atoms with van der Waals surface area (Å²) in [7, 11) is 0. The van der Waals surface area contributed by atoms with Crippen molar-refractivity contribution in [3.63, 3.8) is 0 Å². The number of amides is 1. The molecule has 0 aliphatic heterocycles. The van der Waals surface area contributed by atoms with Crippen molar-refractivity contribution in [3.05, 3.63) is 58.9 Å². The summed E-state index contributed by atoms with van der Waals surface area (Å²) in [5.74, 6) is -0.0654. The number of nitrogens with zero attached hydrogens (tertiary/aromatic N) is 3. The minimum absolute atomic E-state index is 0.0654. The topological polar surface area (TPSA) is 115 Å². The minimum Gasteiger partial charge on any atom is -0.393 e. The van der Waals surface area contributed by atoms with Crippen molar-refractivity contribution >= 4 is 5.91 Å². The van der Waals surface area contributed by atoms with Gasteiger partial charge in [0.15, 0.2) is 0 Å². The highest BCUT2D eigenvalue weighted by Gasteiger charge is 2.27. The van der Waals surface area contributed by atoms with Gasteiger partial charge in [0.2, 0.25) is 0 Å². The molecule has 0 spiro atoms. The third-order valence-corrected chi connectivity index (χ3v) is 6.05. The first-order chi connectivity index (χ1) is 14.6. The highest BCUT2D eigenvalue weighted by atomic mass is 16.3. The Balaban J connectivity index is 1.36. The van der Waals surface area contributed by atoms with E-state index in [1.54, 1.807) is 12.3 Å². The molecule has 0 bridgehead atoms. The van der Waals surface area contributed by atoms with Crippen LogP contribution in [0.5, 0.6) is 0 Å². The van der Waals surface area contributed by atoms with E-state index in [2.05, 4.69) is 20.5 Å². The van der Waals surface area contributed by atoms with Crippen molar-refractivity contribution in [2.45, 2.75) is 44.2 Å². The van der Waals surface area contributed by atoms with E-state index < -0.39 is 0 Å². The summed E-state index contributed by atoms with van der Waals surface area (Å²) in [4.78, 5) is 16.9. The van der Waals surface area contributed by atoms with E-state index in [1.165, 1.54) is 0 Å². The number of rotatable bonds is 3. The minimum atomic E-state index is -0.235. The van der Waals surface area contributed by atoms with Gasteiger partial charge in [0.05, 0.1) is 17.5 Å². The van der Waals surface area contributed by atoms with Gasteiger partial charge in [0.25, 0.3) is 5.91 Å². The molecule has 2 aliphatic carbocycles. The largest absolute Gasteiger partial charge is 0.393 e. The summed E-state index contributed by atoms with van der Waals surface area (Å²) < 4.78 is 0. The summed E-state index contributed by atoms with van der Waals surface area (Å²) in [5.41, 5.74) is 6.91. The highest BCUT2D eigenvalue weighted by molar-refractivity contribution is 5.96. The van der Waals surface area contributed by atoms with E-state index >= 15 is 0 Å². The second-order valence-electron chi connectivity index (χ2n) is 8.00. The SMILES string of the molecule is N#Cc1ccc(-c2n[nH]c3c2Cc2cc(C(=O)NC4CCC(O)CC4)ccc2-3)cn1. The zero-order chi connectivity index (χ0) is 20.7. The number of aromatic amines is 1. The molecule has 150 valence electrons. The van der Waals surface area contributed by atoms with Crippen molar-refractivity contribution in [2.24, 2.45) is 0 Å². The van der Waals surface area contributed by atoms with Gasteiger partial charge >= 0.3 is 0 Å². The molecular formula is C23H21N5O2. The van der Waals surface area contributed by atoms with Crippen LogP contribution < -0.4 is 5.32 Å². The van der Waals surface area contributed by atoms with Crippen LogP contribution in [0.4, 0.5) is 0 Å². The Kier molecular flexibility index (Phi) is 4.57. The van der Waals surface area contributed by atoms with E-state index in [1.807, 2.05) is 30.3 Å². The maximum atomic E-state index is 12.7. The Morgan fingerprint density at radius 1 is 1.20 bits per heavy atom. The average molecular weight is 399 g/mol. The lowest BCUT2D eigenvalue weighted by atomic mass is 9.93. The number of aliphatic hydroxyl groups excluding tert-OH is 1. The summed E-state index contributed by atoms with van der Waals surface area (Å²) in [6, 6.07) is 11.5. The molecule has 1 amide bonds. The predicted octanol–water partition coefficient (Wildman–Crippen LogP) is 2.95. The first-order valence-electron chi connectivity index (χ1n) is 10.2. The van der Waals surface area contributed by atoms with Gasteiger partial charge in [-0.25, -0.2) is 4.98 Å². The summed E-state index contributed by atoms with van der Waals surface area (Å²) >= 11 is 0. The van der Waals surface area contributed by atoms with Gasteiger partial charge in [-0.05, 0) is 55.5 Å². The van der Waals surface area contributed by atoms with E-state index in [0.29, 0.717) is 17.7 Å². The molecule has 3 aromatic rings. The molecule has 1 aromatic carbocycles. The van der Waals surface area contributed by atoms with Crippen LogP contribution >= 0.6 is 0 Å². The van der Waals surface area contributed by atoms with Crippen LogP contribution in [0.1, 0.15) is 52.9 Å². The number of aliphatic hydroxyl groups is 1. The van der Waals surface area contributed by atoms with E-state index in [9.17, 15) is 9.90 Å². The van der Waals surface area contributed by atoms with E-state index in [-0.39, 0.29) is 18.1 Å². The maximum absolute atomic E-state index is 12.7. The highest BCUT2D eigenvalue weighted by Crippen LogP contribution is 2.40. The van der Waals surface area contributed by atoms with Crippen LogP contribution in [0.25, 0.3) is 22.5 Å². The Morgan fingerprint density at radius 3 is 2.77 bits per heavy atom. The van der Waals surface area contributed by atoms with Crippen molar-refractivity contribution in [1.82, 2.24) is 20.5 Å². The van der Waals surface area contributed by atoms with Crippen LogP contribution in [0, 0.1) is 11.3 Å². The van der Waals surface area contributed by atoms with Crippen LogP contribution in [0.2, 0.25) is 0 Å². The number of nitriles is 1. The van der Waals surface area contributed by atoms with E-state index in [4.69, 9.17) is 5.26 Å².